The molecule has 0 unspecified atom stereocenters. The molecule has 1 aromatic heterocycles. The fraction of sp³-hybridized carbons (Fsp3) is 0.0968. The van der Waals surface area contributed by atoms with E-state index in [-0.39, 0.29) is 35.8 Å². The predicted octanol–water partition coefficient (Wildman–Crippen LogP) is 6.78. The first kappa shape index (κ1) is 30.4. The molecular formula is C31H24BrN5O6S. The van der Waals surface area contributed by atoms with Gasteiger partial charge in [0.1, 0.15) is 11.5 Å². The minimum absolute atomic E-state index is 0.0728. The van der Waals surface area contributed by atoms with Gasteiger partial charge in [0.15, 0.2) is 11.8 Å². The first-order valence-corrected chi connectivity index (χ1v) is 14.7. The first-order chi connectivity index (χ1) is 21.2. The summed E-state index contributed by atoms with van der Waals surface area (Å²) < 4.78 is 12.0. The highest BCUT2D eigenvalue weighted by atomic mass is 79.9. The van der Waals surface area contributed by atoms with Crippen molar-refractivity contribution in [1.29, 1.82) is 0 Å². The van der Waals surface area contributed by atoms with E-state index in [1.807, 2.05) is 31.2 Å². The summed E-state index contributed by atoms with van der Waals surface area (Å²) in [6.45, 7) is 1.84. The smallest absolute Gasteiger partial charge is 0.270 e. The Balaban J connectivity index is 1.37. The second-order valence-electron chi connectivity index (χ2n) is 9.45. The Kier molecular flexibility index (Phi) is 9.67. The van der Waals surface area contributed by atoms with E-state index in [1.165, 1.54) is 29.5 Å². The Morgan fingerprint density at radius 3 is 2.70 bits per heavy atom. The number of carbonyl (C=O) groups is 2. The molecule has 5 rings (SSSR count). The van der Waals surface area contributed by atoms with Crippen LogP contribution in [0.1, 0.15) is 22.5 Å². The molecule has 4 aromatic rings. The number of furan rings is 1. The number of rotatable bonds is 10. The number of nitrogens with zero attached hydrogens (tertiary/aromatic N) is 4. The maximum absolute atomic E-state index is 13.6. The fourth-order valence-electron chi connectivity index (χ4n) is 4.03. The molecule has 3 aromatic carbocycles. The summed E-state index contributed by atoms with van der Waals surface area (Å²) in [5.41, 5.74) is 2.71. The summed E-state index contributed by atoms with van der Waals surface area (Å²) in [6, 6.07) is 22.1. The van der Waals surface area contributed by atoms with E-state index in [4.69, 9.17) is 9.15 Å². The van der Waals surface area contributed by atoms with E-state index >= 15 is 0 Å². The topological polar surface area (TPSA) is 140 Å². The first-order valence-electron chi connectivity index (χ1n) is 13.1. The number of hydrogen-bond acceptors (Lipinski definition) is 9. The molecule has 2 amide bonds. The maximum atomic E-state index is 13.6. The minimum Gasteiger partial charge on any atom is -0.483 e. The largest absolute Gasteiger partial charge is 0.483 e. The molecule has 1 saturated heterocycles. The van der Waals surface area contributed by atoms with Crippen LogP contribution in [0.25, 0.3) is 6.08 Å². The van der Waals surface area contributed by atoms with E-state index in [9.17, 15) is 19.7 Å². The van der Waals surface area contributed by atoms with E-state index in [2.05, 4.69) is 31.4 Å². The number of nitro benzene ring substituents is 1. The van der Waals surface area contributed by atoms with Crippen molar-refractivity contribution in [3.8, 4) is 5.75 Å². The third kappa shape index (κ3) is 7.88. The summed E-state index contributed by atoms with van der Waals surface area (Å²) in [7, 11) is 0. The van der Waals surface area contributed by atoms with Gasteiger partial charge in [0, 0.05) is 33.4 Å². The summed E-state index contributed by atoms with van der Waals surface area (Å²) in [5, 5.41) is 22.5. The number of non-ortho nitro benzene ring substituents is 1. The fourth-order valence-corrected chi connectivity index (χ4v) is 5.33. The Bertz CT molecular complexity index is 1790. The van der Waals surface area contributed by atoms with Gasteiger partial charge >= 0.3 is 0 Å². The van der Waals surface area contributed by atoms with Crippen LogP contribution in [0.15, 0.2) is 109 Å². The quantitative estimate of drug-likeness (QED) is 0.0847. The zero-order chi connectivity index (χ0) is 31.1. The molecule has 1 aliphatic rings. The molecule has 13 heteroatoms. The molecule has 1 aliphatic heterocycles. The van der Waals surface area contributed by atoms with Crippen LogP contribution in [0.5, 0.6) is 5.75 Å². The van der Waals surface area contributed by atoms with Gasteiger partial charge in [0.05, 0.1) is 28.9 Å². The molecule has 1 fully saturated rings. The van der Waals surface area contributed by atoms with Crippen molar-refractivity contribution in [3.63, 3.8) is 0 Å². The van der Waals surface area contributed by atoms with Crippen LogP contribution in [0.4, 0.5) is 11.4 Å². The molecule has 0 saturated carbocycles. The highest BCUT2D eigenvalue weighted by Gasteiger charge is 2.34. The predicted molar refractivity (Wildman–Crippen MR) is 172 cm³/mol. The molecule has 44 heavy (non-hydrogen) atoms. The van der Waals surface area contributed by atoms with E-state index in [0.29, 0.717) is 33.2 Å². The molecule has 11 nitrogen and oxygen atoms in total. The van der Waals surface area contributed by atoms with Gasteiger partial charge in [-0.25, -0.2) is 0 Å². The molecule has 0 spiro atoms. The molecule has 1 N–H and O–H groups in total. The van der Waals surface area contributed by atoms with Crippen molar-refractivity contribution in [2.45, 2.75) is 13.5 Å². The number of amidine groups is 1. The highest BCUT2D eigenvalue weighted by Crippen LogP contribution is 2.36. The van der Waals surface area contributed by atoms with Crippen molar-refractivity contribution >= 4 is 68.3 Å². The monoisotopic (exact) mass is 673 g/mol. The summed E-state index contributed by atoms with van der Waals surface area (Å²) in [5.74, 6) is 0.280. The van der Waals surface area contributed by atoms with Gasteiger partial charge in [-0.1, -0.05) is 45.8 Å². The van der Waals surface area contributed by atoms with Crippen LogP contribution in [0.2, 0.25) is 0 Å². The number of hydrogen-bond donors (Lipinski definition) is 1. The van der Waals surface area contributed by atoms with Crippen molar-refractivity contribution in [2.24, 2.45) is 10.2 Å². The number of amides is 2. The van der Waals surface area contributed by atoms with Crippen LogP contribution in [-0.4, -0.2) is 39.6 Å². The number of nitro groups is 1. The Hall–Kier alpha value is -5.01. The van der Waals surface area contributed by atoms with Gasteiger partial charge in [-0.15, -0.1) is 5.10 Å². The maximum Gasteiger partial charge on any atom is 0.270 e. The average Bonchev–Trinajstić information content (AvgIpc) is 3.62. The molecular weight excluding hydrogens is 650 g/mol. The lowest BCUT2D eigenvalue weighted by Crippen LogP contribution is -2.28. The number of thioether (sulfide) groups is 1. The number of benzene rings is 3. The van der Waals surface area contributed by atoms with Crippen LogP contribution < -0.4 is 10.1 Å². The second kappa shape index (κ2) is 14.0. The van der Waals surface area contributed by atoms with Crippen molar-refractivity contribution in [2.75, 3.05) is 11.9 Å². The number of nitrogens with one attached hydrogen (secondary N) is 1. The van der Waals surface area contributed by atoms with Gasteiger partial charge in [-0.05, 0) is 67.2 Å². The van der Waals surface area contributed by atoms with E-state index in [0.717, 1.165) is 21.8 Å². The Morgan fingerprint density at radius 1 is 1.14 bits per heavy atom. The summed E-state index contributed by atoms with van der Waals surface area (Å²) in [6.07, 6.45) is 4.55. The number of aryl methyl sites for hydroxylation is 1. The van der Waals surface area contributed by atoms with Crippen LogP contribution in [0, 0.1) is 17.0 Å². The molecule has 0 atom stereocenters. The number of anilines is 1. The molecule has 222 valence electrons. The van der Waals surface area contributed by atoms with Gasteiger partial charge in [0.2, 0.25) is 0 Å². The Labute approximate surface area is 264 Å². The minimum atomic E-state index is -0.493. The SMILES string of the molecule is Cc1ccc(NC(=O)COc2ccc(Br)cc2/C=C2\S/C(=N/N=C\c3cccc([N+](=O)[O-])c3)N(Cc3ccco3)C2=O)cc1. The van der Waals surface area contributed by atoms with Crippen LogP contribution in [0.3, 0.4) is 0 Å². The van der Waals surface area contributed by atoms with Gasteiger partial charge < -0.3 is 14.5 Å². The van der Waals surface area contributed by atoms with Gasteiger partial charge in [0.25, 0.3) is 17.5 Å². The van der Waals surface area contributed by atoms with Gasteiger partial charge in [-0.3, -0.25) is 24.6 Å². The number of ether oxygens (including phenoxy) is 1. The average molecular weight is 675 g/mol. The van der Waals surface area contributed by atoms with Gasteiger partial charge in [-0.2, -0.15) is 5.10 Å². The third-order valence-electron chi connectivity index (χ3n) is 6.17. The highest BCUT2D eigenvalue weighted by molar-refractivity contribution is 9.10. The van der Waals surface area contributed by atoms with Crippen LogP contribution >= 0.6 is 27.7 Å². The number of halogens is 1. The summed E-state index contributed by atoms with van der Waals surface area (Å²) in [4.78, 5) is 38.5. The number of carbonyl (C=O) groups excluding carboxylic acids is 2. The Morgan fingerprint density at radius 2 is 1.95 bits per heavy atom. The second-order valence-corrected chi connectivity index (χ2v) is 11.4. The van der Waals surface area contributed by atoms with Crippen LogP contribution in [-0.2, 0) is 16.1 Å². The zero-order valence-electron chi connectivity index (χ0n) is 23.2. The normalized spacial score (nSPS) is 15.0. The van der Waals surface area contributed by atoms with Crippen molar-refractivity contribution < 1.29 is 23.7 Å². The molecule has 0 radical (unpaired) electrons. The summed E-state index contributed by atoms with van der Waals surface area (Å²) >= 11 is 4.56. The van der Waals surface area contributed by atoms with E-state index < -0.39 is 4.92 Å². The standard InChI is InChI=1S/C31H24BrN5O6S/c1-20-7-10-24(11-8-20)34-29(38)19-43-27-12-9-23(32)15-22(27)16-28-30(39)36(18-26-6-3-13-42-26)31(44-28)35-33-17-21-4-2-5-25(14-21)37(40)41/h2-17H,18-19H2,1H3,(H,34,38)/b28-16-,33-17-,35-31+. The molecule has 0 aliphatic carbocycles. The molecule has 2 heterocycles. The lowest BCUT2D eigenvalue weighted by atomic mass is 10.2. The molecule has 0 bridgehead atoms. The van der Waals surface area contributed by atoms with Crippen molar-refractivity contribution in [3.05, 3.63) is 127 Å². The van der Waals surface area contributed by atoms with E-state index in [1.54, 1.807) is 48.5 Å². The van der Waals surface area contributed by atoms with Crippen molar-refractivity contribution in [1.82, 2.24) is 4.90 Å². The lowest BCUT2D eigenvalue weighted by molar-refractivity contribution is -0.384. The lowest BCUT2D eigenvalue weighted by Gasteiger charge is -2.13. The zero-order valence-corrected chi connectivity index (χ0v) is 25.6. The third-order valence-corrected chi connectivity index (χ3v) is 7.66.